The molecule has 0 aliphatic heterocycles. The predicted molar refractivity (Wildman–Crippen MR) is 111 cm³/mol. The van der Waals surface area contributed by atoms with Crippen LogP contribution in [0.4, 0.5) is 13.2 Å². The van der Waals surface area contributed by atoms with Crippen molar-refractivity contribution in [2.45, 2.75) is 25.7 Å². The zero-order valence-corrected chi connectivity index (χ0v) is 17.2. The number of hydrogen-bond donors (Lipinski definition) is 4. The summed E-state index contributed by atoms with van der Waals surface area (Å²) < 4.78 is 31.7. The van der Waals surface area contributed by atoms with Gasteiger partial charge in [-0.15, -0.1) is 0 Å². The molecule has 2 heterocycles. The van der Waals surface area contributed by atoms with Crippen molar-refractivity contribution in [1.82, 2.24) is 25.1 Å². The van der Waals surface area contributed by atoms with Gasteiger partial charge in [0, 0.05) is 48.7 Å². The summed E-state index contributed by atoms with van der Waals surface area (Å²) in [6.07, 6.45) is -2.75. The average Bonchev–Trinajstić information content (AvgIpc) is 3.20. The second kappa shape index (κ2) is 11.2. The third-order valence-corrected chi connectivity index (χ3v) is 4.09. The highest BCUT2D eigenvalue weighted by molar-refractivity contribution is 5.73. The topological polar surface area (TPSA) is 141 Å². The third kappa shape index (κ3) is 7.96. The first-order chi connectivity index (χ1) is 15.1. The number of aromatic nitrogens is 4. The first-order valence-corrected chi connectivity index (χ1v) is 9.45. The molecule has 0 aliphatic carbocycles. The van der Waals surface area contributed by atoms with E-state index < -0.39 is 12.1 Å². The van der Waals surface area contributed by atoms with E-state index in [2.05, 4.69) is 38.2 Å². The zero-order valence-electron chi connectivity index (χ0n) is 17.2. The van der Waals surface area contributed by atoms with Crippen LogP contribution in [0.3, 0.4) is 0 Å². The van der Waals surface area contributed by atoms with Crippen molar-refractivity contribution in [2.75, 3.05) is 13.6 Å². The summed E-state index contributed by atoms with van der Waals surface area (Å²) in [5, 5.41) is 14.1. The van der Waals surface area contributed by atoms with Gasteiger partial charge in [-0.1, -0.05) is 18.2 Å². The van der Waals surface area contributed by atoms with Gasteiger partial charge in [-0.2, -0.15) is 18.3 Å². The number of nitrogens with zero attached hydrogens (tertiary/aromatic N) is 3. The molecule has 0 radical (unpaired) electrons. The summed E-state index contributed by atoms with van der Waals surface area (Å²) in [5.41, 5.74) is 9.23. The molecule has 0 bridgehead atoms. The fraction of sp³-hybridized carbons (Fsp3) is 0.300. The fourth-order valence-corrected chi connectivity index (χ4v) is 2.77. The minimum Gasteiger partial charge on any atom is -0.475 e. The highest BCUT2D eigenvalue weighted by Gasteiger charge is 2.38. The number of carboxylic acid groups (broad SMARTS) is 1. The number of aliphatic carboxylic acids is 1. The SMILES string of the molecule is CN(Cc1cccc(-c2nc(CCN)cc(=O)[nH]2)c1)Cc1ccn[nH]1.O=C(O)C(F)(F)F. The largest absolute Gasteiger partial charge is 0.490 e. The lowest BCUT2D eigenvalue weighted by molar-refractivity contribution is -0.192. The number of H-pyrrole nitrogens is 2. The molecule has 172 valence electrons. The number of halogens is 3. The molecule has 0 aliphatic rings. The van der Waals surface area contributed by atoms with Gasteiger partial charge in [0.15, 0.2) is 0 Å². The Morgan fingerprint density at radius 1 is 1.22 bits per heavy atom. The van der Waals surface area contributed by atoms with Crippen LogP contribution in [0.1, 0.15) is 17.0 Å². The average molecular weight is 452 g/mol. The third-order valence-electron chi connectivity index (χ3n) is 4.09. The van der Waals surface area contributed by atoms with E-state index >= 15 is 0 Å². The van der Waals surface area contributed by atoms with E-state index in [9.17, 15) is 18.0 Å². The normalized spacial score (nSPS) is 11.2. The lowest BCUT2D eigenvalue weighted by Gasteiger charge is -2.16. The number of nitrogens with one attached hydrogen (secondary N) is 2. The second-order valence-corrected chi connectivity index (χ2v) is 6.88. The Morgan fingerprint density at radius 3 is 2.53 bits per heavy atom. The molecule has 0 saturated heterocycles. The predicted octanol–water partition coefficient (Wildman–Crippen LogP) is 1.93. The van der Waals surface area contributed by atoms with Gasteiger partial charge in [0.1, 0.15) is 5.82 Å². The molecule has 5 N–H and O–H groups in total. The summed E-state index contributed by atoms with van der Waals surface area (Å²) in [6.45, 7) is 2.03. The Labute approximate surface area is 181 Å². The van der Waals surface area contributed by atoms with E-state index in [-0.39, 0.29) is 5.56 Å². The lowest BCUT2D eigenvalue weighted by atomic mass is 10.1. The maximum Gasteiger partial charge on any atom is 0.490 e. The summed E-state index contributed by atoms with van der Waals surface area (Å²) >= 11 is 0. The van der Waals surface area contributed by atoms with Crippen LogP contribution in [0, 0.1) is 0 Å². The Bertz CT molecular complexity index is 1070. The molecule has 3 aromatic rings. The highest BCUT2D eigenvalue weighted by atomic mass is 19.4. The van der Waals surface area contributed by atoms with Crippen molar-refractivity contribution in [3.63, 3.8) is 0 Å². The van der Waals surface area contributed by atoms with Crippen molar-refractivity contribution < 1.29 is 23.1 Å². The van der Waals surface area contributed by atoms with E-state index in [4.69, 9.17) is 15.6 Å². The smallest absolute Gasteiger partial charge is 0.475 e. The van der Waals surface area contributed by atoms with Gasteiger partial charge in [-0.05, 0) is 31.3 Å². The van der Waals surface area contributed by atoms with Gasteiger partial charge < -0.3 is 15.8 Å². The quantitative estimate of drug-likeness (QED) is 0.429. The van der Waals surface area contributed by atoms with Crippen LogP contribution >= 0.6 is 0 Å². The van der Waals surface area contributed by atoms with Gasteiger partial charge in [0.05, 0.1) is 0 Å². The van der Waals surface area contributed by atoms with Crippen molar-refractivity contribution in [1.29, 1.82) is 0 Å². The Kier molecular flexibility index (Phi) is 8.67. The molecule has 0 atom stereocenters. The highest BCUT2D eigenvalue weighted by Crippen LogP contribution is 2.17. The van der Waals surface area contributed by atoms with Gasteiger partial charge in [0.2, 0.25) is 0 Å². The van der Waals surface area contributed by atoms with E-state index in [1.165, 1.54) is 6.07 Å². The summed E-state index contributed by atoms with van der Waals surface area (Å²) in [6, 6.07) is 11.5. The molecule has 0 fully saturated rings. The maximum atomic E-state index is 11.8. The molecule has 0 amide bonds. The number of aromatic amines is 2. The zero-order chi connectivity index (χ0) is 23.7. The number of carboxylic acids is 1. The minimum absolute atomic E-state index is 0.157. The van der Waals surface area contributed by atoms with Crippen LogP contribution in [-0.2, 0) is 24.3 Å². The van der Waals surface area contributed by atoms with E-state index in [1.807, 2.05) is 24.3 Å². The van der Waals surface area contributed by atoms with E-state index in [1.54, 1.807) is 6.20 Å². The molecule has 3 rings (SSSR count). The van der Waals surface area contributed by atoms with Crippen molar-refractivity contribution >= 4 is 5.97 Å². The van der Waals surface area contributed by atoms with E-state index in [0.717, 1.165) is 29.9 Å². The van der Waals surface area contributed by atoms with Crippen LogP contribution in [-0.4, -0.2) is 55.9 Å². The van der Waals surface area contributed by atoms with Crippen LogP contribution in [0.2, 0.25) is 0 Å². The molecule has 0 saturated carbocycles. The molecule has 1 aromatic carbocycles. The summed E-state index contributed by atoms with van der Waals surface area (Å²) in [4.78, 5) is 30.2. The minimum atomic E-state index is -5.08. The molecule has 12 heteroatoms. The van der Waals surface area contributed by atoms with Crippen molar-refractivity contribution in [3.8, 4) is 11.4 Å². The van der Waals surface area contributed by atoms with Gasteiger partial charge in [-0.3, -0.25) is 14.8 Å². The Hall–Kier alpha value is -3.51. The first-order valence-electron chi connectivity index (χ1n) is 9.45. The lowest BCUT2D eigenvalue weighted by Crippen LogP contribution is -2.21. The summed E-state index contributed by atoms with van der Waals surface area (Å²) in [7, 11) is 2.05. The molecule has 32 heavy (non-hydrogen) atoms. The maximum absolute atomic E-state index is 11.8. The molecule has 0 spiro atoms. The number of rotatable bonds is 7. The Balaban J connectivity index is 0.000000451. The second-order valence-electron chi connectivity index (χ2n) is 6.88. The summed E-state index contributed by atoms with van der Waals surface area (Å²) in [5.74, 6) is -2.18. The van der Waals surface area contributed by atoms with Crippen molar-refractivity contribution in [2.24, 2.45) is 5.73 Å². The van der Waals surface area contributed by atoms with Crippen LogP contribution < -0.4 is 11.3 Å². The number of alkyl halides is 3. The fourth-order valence-electron chi connectivity index (χ4n) is 2.77. The number of benzene rings is 1. The molecule has 0 unspecified atom stereocenters. The van der Waals surface area contributed by atoms with Crippen LogP contribution in [0.15, 0.2) is 47.4 Å². The molecule has 2 aromatic heterocycles. The standard InChI is InChI=1S/C18H22N6O.C2HF3O2/c1-24(12-16-6-8-20-23-16)11-13-3-2-4-14(9-13)18-21-15(5-7-19)10-17(25)22-18;3-2(4,5)1(6)7/h2-4,6,8-10H,5,7,11-12,19H2,1H3,(H,20,23)(H,21,22,25);(H,6,7). The molecular formula is C20H23F3N6O3. The van der Waals surface area contributed by atoms with Crippen LogP contribution in [0.5, 0.6) is 0 Å². The molecular weight excluding hydrogens is 429 g/mol. The van der Waals surface area contributed by atoms with Crippen molar-refractivity contribution in [3.05, 3.63) is 69.9 Å². The van der Waals surface area contributed by atoms with E-state index in [0.29, 0.717) is 24.5 Å². The first kappa shape index (κ1) is 24.8. The number of hydrogen-bond acceptors (Lipinski definition) is 6. The Morgan fingerprint density at radius 2 is 1.94 bits per heavy atom. The number of carbonyl (C=O) groups is 1. The van der Waals surface area contributed by atoms with Gasteiger partial charge in [-0.25, -0.2) is 9.78 Å². The monoisotopic (exact) mass is 452 g/mol. The van der Waals surface area contributed by atoms with Gasteiger partial charge in [0.25, 0.3) is 5.56 Å². The van der Waals surface area contributed by atoms with Gasteiger partial charge >= 0.3 is 12.1 Å². The number of nitrogens with two attached hydrogens (primary N) is 1. The molecule has 9 nitrogen and oxygen atoms in total. The van der Waals surface area contributed by atoms with Crippen LogP contribution in [0.25, 0.3) is 11.4 Å².